The van der Waals surface area contributed by atoms with Crippen LogP contribution in [0.4, 0.5) is 11.4 Å². The Kier molecular flexibility index (Phi) is 7.79. The van der Waals surface area contributed by atoms with E-state index in [2.05, 4.69) is 16.0 Å². The highest BCUT2D eigenvalue weighted by Crippen LogP contribution is 2.21. The molecule has 0 heterocycles. The van der Waals surface area contributed by atoms with Crippen LogP contribution < -0.4 is 16.0 Å². The van der Waals surface area contributed by atoms with Crippen molar-refractivity contribution in [2.24, 2.45) is 0 Å². The first-order valence-electron chi connectivity index (χ1n) is 8.02. The van der Waals surface area contributed by atoms with Crippen molar-refractivity contribution in [3.63, 3.8) is 0 Å². The zero-order valence-electron chi connectivity index (χ0n) is 14.4. The van der Waals surface area contributed by atoms with Crippen molar-refractivity contribution < 1.29 is 9.59 Å². The van der Waals surface area contributed by atoms with Crippen LogP contribution in [0.3, 0.4) is 0 Å². The summed E-state index contributed by atoms with van der Waals surface area (Å²) in [6.07, 6.45) is 3.30. The van der Waals surface area contributed by atoms with E-state index in [4.69, 9.17) is 35.4 Å². The number of benzene rings is 2. The third-order valence-corrected chi connectivity index (χ3v) is 4.13. The van der Waals surface area contributed by atoms with Gasteiger partial charge in [0.1, 0.15) is 0 Å². The Labute approximate surface area is 172 Å². The topological polar surface area (TPSA) is 70.2 Å². The summed E-state index contributed by atoms with van der Waals surface area (Å²) in [6.45, 7) is 1.78. The molecule has 3 N–H and O–H groups in total. The quantitative estimate of drug-likeness (QED) is 0.475. The minimum absolute atomic E-state index is 0.0638. The number of carbonyl (C=O) groups is 2. The molecule has 0 spiro atoms. The SMILES string of the molecule is CCC(=O)Nc1ccc(NC(=S)NC(=O)C=Cc2ccc(Cl)cc2Cl)cc1. The number of hydrogen-bond donors (Lipinski definition) is 3. The molecule has 0 fully saturated rings. The molecular weight excluding hydrogens is 405 g/mol. The van der Waals surface area contributed by atoms with Crippen molar-refractivity contribution in [2.75, 3.05) is 10.6 Å². The van der Waals surface area contributed by atoms with E-state index in [1.807, 2.05) is 0 Å². The smallest absolute Gasteiger partial charge is 0.250 e. The Balaban J connectivity index is 1.88. The second-order valence-corrected chi connectivity index (χ2v) is 6.67. The van der Waals surface area contributed by atoms with Gasteiger partial charge >= 0.3 is 0 Å². The molecule has 0 bridgehead atoms. The van der Waals surface area contributed by atoms with Crippen LogP contribution in [-0.4, -0.2) is 16.9 Å². The molecule has 2 amide bonds. The molecule has 0 radical (unpaired) electrons. The van der Waals surface area contributed by atoms with Crippen molar-refractivity contribution in [2.45, 2.75) is 13.3 Å². The standard InChI is InChI=1S/C19H17Cl2N3O2S/c1-2-17(25)22-14-6-8-15(9-7-14)23-19(27)24-18(26)10-4-12-3-5-13(20)11-16(12)21/h3-11H,2H2,1H3,(H,22,25)(H2,23,24,26,27). The molecule has 0 aromatic heterocycles. The van der Waals surface area contributed by atoms with Gasteiger partial charge in [-0.2, -0.15) is 0 Å². The van der Waals surface area contributed by atoms with Crippen LogP contribution in [0, 0.1) is 0 Å². The van der Waals surface area contributed by atoms with Crippen LogP contribution in [0.15, 0.2) is 48.5 Å². The van der Waals surface area contributed by atoms with Gasteiger partial charge in [-0.05, 0) is 60.3 Å². The largest absolute Gasteiger partial charge is 0.332 e. The molecule has 0 aliphatic rings. The highest BCUT2D eigenvalue weighted by atomic mass is 35.5. The highest BCUT2D eigenvalue weighted by Gasteiger charge is 2.04. The molecule has 2 aromatic rings. The minimum Gasteiger partial charge on any atom is -0.332 e. The van der Waals surface area contributed by atoms with Crippen molar-refractivity contribution in [3.05, 3.63) is 64.1 Å². The fourth-order valence-electron chi connectivity index (χ4n) is 2.00. The van der Waals surface area contributed by atoms with Gasteiger partial charge in [-0.25, -0.2) is 0 Å². The van der Waals surface area contributed by atoms with Gasteiger partial charge in [0, 0.05) is 33.9 Å². The number of nitrogens with one attached hydrogen (secondary N) is 3. The van der Waals surface area contributed by atoms with E-state index < -0.39 is 5.91 Å². The predicted octanol–water partition coefficient (Wildman–Crippen LogP) is 4.87. The molecule has 0 saturated carbocycles. The van der Waals surface area contributed by atoms with Crippen molar-refractivity contribution >= 4 is 69.8 Å². The van der Waals surface area contributed by atoms with E-state index in [1.165, 1.54) is 6.08 Å². The summed E-state index contributed by atoms with van der Waals surface area (Å²) in [5.41, 5.74) is 2.03. The van der Waals surface area contributed by atoms with E-state index in [-0.39, 0.29) is 11.0 Å². The highest BCUT2D eigenvalue weighted by molar-refractivity contribution is 7.80. The molecule has 2 rings (SSSR count). The second-order valence-electron chi connectivity index (χ2n) is 5.42. The van der Waals surface area contributed by atoms with Crippen LogP contribution in [0.2, 0.25) is 10.0 Å². The Bertz CT molecular complexity index is 883. The van der Waals surface area contributed by atoms with E-state index in [9.17, 15) is 9.59 Å². The van der Waals surface area contributed by atoms with Crippen LogP contribution in [-0.2, 0) is 9.59 Å². The maximum absolute atomic E-state index is 12.0. The summed E-state index contributed by atoms with van der Waals surface area (Å²) in [6, 6.07) is 12.0. The third-order valence-electron chi connectivity index (χ3n) is 3.36. The maximum Gasteiger partial charge on any atom is 0.250 e. The lowest BCUT2D eigenvalue weighted by molar-refractivity contribution is -0.116. The molecule has 0 unspecified atom stereocenters. The first kappa shape index (κ1) is 20.9. The number of rotatable bonds is 5. The fraction of sp³-hybridized carbons (Fsp3) is 0.105. The van der Waals surface area contributed by atoms with Gasteiger partial charge < -0.3 is 10.6 Å². The lowest BCUT2D eigenvalue weighted by Gasteiger charge is -2.09. The number of hydrogen-bond acceptors (Lipinski definition) is 3. The number of thiocarbonyl (C=S) groups is 1. The number of carbonyl (C=O) groups excluding carboxylic acids is 2. The van der Waals surface area contributed by atoms with Crippen LogP contribution in [0.25, 0.3) is 6.08 Å². The zero-order valence-corrected chi connectivity index (χ0v) is 16.7. The van der Waals surface area contributed by atoms with E-state index in [0.29, 0.717) is 33.4 Å². The summed E-state index contributed by atoms with van der Waals surface area (Å²) in [5, 5.41) is 9.30. The molecule has 0 saturated heterocycles. The summed E-state index contributed by atoms with van der Waals surface area (Å²) in [7, 11) is 0. The number of anilines is 2. The summed E-state index contributed by atoms with van der Waals surface area (Å²) >= 11 is 17.0. The Morgan fingerprint density at radius 1 is 1.04 bits per heavy atom. The first-order chi connectivity index (χ1) is 12.9. The Hall–Kier alpha value is -2.41. The van der Waals surface area contributed by atoms with Gasteiger partial charge in [-0.15, -0.1) is 0 Å². The van der Waals surface area contributed by atoms with Gasteiger partial charge in [0.25, 0.3) is 0 Å². The second kappa shape index (κ2) is 10.1. The lowest BCUT2D eigenvalue weighted by atomic mass is 10.2. The van der Waals surface area contributed by atoms with Crippen LogP contribution >= 0.6 is 35.4 Å². The van der Waals surface area contributed by atoms with E-state index in [1.54, 1.807) is 55.5 Å². The van der Waals surface area contributed by atoms with Crippen molar-refractivity contribution in [1.29, 1.82) is 0 Å². The van der Waals surface area contributed by atoms with Crippen LogP contribution in [0.1, 0.15) is 18.9 Å². The van der Waals surface area contributed by atoms with Gasteiger partial charge in [0.15, 0.2) is 5.11 Å². The first-order valence-corrected chi connectivity index (χ1v) is 9.19. The third kappa shape index (κ3) is 7.02. The van der Waals surface area contributed by atoms with Crippen molar-refractivity contribution in [1.82, 2.24) is 5.32 Å². The lowest BCUT2D eigenvalue weighted by Crippen LogP contribution is -2.32. The minimum atomic E-state index is -0.398. The Morgan fingerprint density at radius 3 is 2.26 bits per heavy atom. The van der Waals surface area contributed by atoms with Crippen LogP contribution in [0.5, 0.6) is 0 Å². The van der Waals surface area contributed by atoms with Gasteiger partial charge in [0.05, 0.1) is 0 Å². The Morgan fingerprint density at radius 2 is 1.67 bits per heavy atom. The van der Waals surface area contributed by atoms with Gasteiger partial charge in [-0.1, -0.05) is 36.2 Å². The molecule has 0 atom stereocenters. The predicted molar refractivity (Wildman–Crippen MR) is 115 cm³/mol. The van der Waals surface area contributed by atoms with Gasteiger partial charge in [-0.3, -0.25) is 14.9 Å². The summed E-state index contributed by atoms with van der Waals surface area (Å²) in [5.74, 6) is -0.462. The average Bonchev–Trinajstić information content (AvgIpc) is 2.62. The average molecular weight is 422 g/mol. The normalized spacial score (nSPS) is 10.5. The molecule has 140 valence electrons. The molecule has 2 aromatic carbocycles. The molecular formula is C19H17Cl2N3O2S. The van der Waals surface area contributed by atoms with E-state index >= 15 is 0 Å². The monoisotopic (exact) mass is 421 g/mol. The number of amides is 2. The van der Waals surface area contributed by atoms with Crippen molar-refractivity contribution in [3.8, 4) is 0 Å². The molecule has 8 heteroatoms. The van der Waals surface area contributed by atoms with E-state index in [0.717, 1.165) is 0 Å². The zero-order chi connectivity index (χ0) is 19.8. The molecule has 5 nitrogen and oxygen atoms in total. The number of halogens is 2. The van der Waals surface area contributed by atoms with Gasteiger partial charge in [0.2, 0.25) is 11.8 Å². The summed E-state index contributed by atoms with van der Waals surface area (Å²) < 4.78 is 0. The molecule has 27 heavy (non-hydrogen) atoms. The fourth-order valence-corrected chi connectivity index (χ4v) is 2.69. The maximum atomic E-state index is 12.0. The molecule has 0 aliphatic carbocycles. The summed E-state index contributed by atoms with van der Waals surface area (Å²) in [4.78, 5) is 23.3. The molecule has 0 aliphatic heterocycles.